The zero-order chi connectivity index (χ0) is 16.3. The van der Waals surface area contributed by atoms with Crippen molar-refractivity contribution >= 4 is 22.3 Å². The van der Waals surface area contributed by atoms with Crippen LogP contribution >= 0.6 is 0 Å². The summed E-state index contributed by atoms with van der Waals surface area (Å²) in [5.74, 6) is 0. The predicted octanol–water partition coefficient (Wildman–Crippen LogP) is 4.31. The van der Waals surface area contributed by atoms with E-state index >= 15 is 0 Å². The third-order valence-corrected chi connectivity index (χ3v) is 4.81. The molecule has 1 aliphatic heterocycles. The second-order valence-electron chi connectivity index (χ2n) is 6.12. The first kappa shape index (κ1) is 13.5. The van der Waals surface area contributed by atoms with Crippen LogP contribution in [-0.2, 0) is 6.54 Å². The van der Waals surface area contributed by atoms with Crippen LogP contribution in [0.5, 0.6) is 0 Å². The molecule has 0 N–H and O–H groups in total. The van der Waals surface area contributed by atoms with E-state index in [1.807, 2.05) is 12.1 Å². The van der Waals surface area contributed by atoms with Crippen LogP contribution in [0.3, 0.4) is 0 Å². The van der Waals surface area contributed by atoms with E-state index in [9.17, 15) is 0 Å². The fraction of sp³-hybridized carbons (Fsp3) is 0.211. The lowest BCUT2D eigenvalue weighted by molar-refractivity contribution is -0.749. The average Bonchev–Trinajstić information content (AvgIpc) is 3.07. The molecule has 4 heteroatoms. The zero-order valence-electron chi connectivity index (χ0n) is 13.3. The second-order valence-corrected chi connectivity index (χ2v) is 6.12. The third-order valence-electron chi connectivity index (χ3n) is 4.81. The molecule has 0 unspecified atom stereocenters. The smallest absolute Gasteiger partial charge is 0.202 e. The van der Waals surface area contributed by atoms with Crippen LogP contribution in [0.1, 0.15) is 22.3 Å². The Morgan fingerprint density at radius 2 is 1.70 bits per heavy atom. The van der Waals surface area contributed by atoms with Crippen LogP contribution < -0.4 is 4.68 Å². The minimum atomic E-state index is 0.421. The summed E-state index contributed by atoms with van der Waals surface area (Å²) >= 11 is 0. The number of rotatable bonds is 0. The minimum Gasteiger partial charge on any atom is -0.250 e. The maximum Gasteiger partial charge on any atom is 0.202 e. The van der Waals surface area contributed by atoms with Gasteiger partial charge in [-0.05, 0) is 43.5 Å². The molecule has 0 amide bonds. The topological polar surface area (TPSA) is 17.5 Å². The maximum atomic E-state index is 7.33. The highest BCUT2D eigenvalue weighted by molar-refractivity contribution is 5.91. The van der Waals surface area contributed by atoms with Gasteiger partial charge in [-0.2, -0.15) is 0 Å². The minimum absolute atomic E-state index is 0.421. The lowest BCUT2D eigenvalue weighted by Crippen LogP contribution is -2.36. The van der Waals surface area contributed by atoms with Crippen LogP contribution in [0.25, 0.3) is 26.3 Å². The number of aromatic nitrogens is 2. The standard InChI is InChI=1S/C19H15N4/c1-11-6-12(2)15-10-22-9-14-7-16(20-4)17(21-5)8-18(14)23(22)19(15)13(11)3/h6-9H,10H2,1-3H3/q+1. The van der Waals surface area contributed by atoms with Crippen molar-refractivity contribution in [2.24, 2.45) is 0 Å². The molecule has 4 nitrogen and oxygen atoms in total. The van der Waals surface area contributed by atoms with Gasteiger partial charge in [0.1, 0.15) is 11.2 Å². The van der Waals surface area contributed by atoms with Crippen LogP contribution in [0.4, 0.5) is 11.4 Å². The van der Waals surface area contributed by atoms with Gasteiger partial charge in [0.05, 0.1) is 24.1 Å². The van der Waals surface area contributed by atoms with E-state index < -0.39 is 0 Å². The van der Waals surface area contributed by atoms with Gasteiger partial charge in [0.15, 0.2) is 17.9 Å². The molecule has 3 aromatic rings. The SMILES string of the molecule is [C-]#[N+]c1cc2c[n+]3n(c2cc1[N+]#[C-])-c1c(C)c(C)cc(C)c1C3. The molecule has 0 saturated heterocycles. The van der Waals surface area contributed by atoms with Crippen molar-refractivity contribution in [2.75, 3.05) is 0 Å². The normalized spacial score (nSPS) is 11.9. The van der Waals surface area contributed by atoms with Gasteiger partial charge >= 0.3 is 0 Å². The van der Waals surface area contributed by atoms with E-state index in [1.54, 1.807) is 0 Å². The summed E-state index contributed by atoms with van der Waals surface area (Å²) in [6.07, 6.45) is 2.08. The summed E-state index contributed by atoms with van der Waals surface area (Å²) in [6, 6.07) is 5.91. The van der Waals surface area contributed by atoms with E-state index in [-0.39, 0.29) is 0 Å². The molecular formula is C19H15N4+. The molecule has 0 radical (unpaired) electrons. The van der Waals surface area contributed by atoms with E-state index in [0.717, 1.165) is 17.4 Å². The Morgan fingerprint density at radius 3 is 2.39 bits per heavy atom. The Hall–Kier alpha value is -3.11. The molecule has 0 saturated carbocycles. The highest BCUT2D eigenvalue weighted by Gasteiger charge is 2.31. The summed E-state index contributed by atoms with van der Waals surface area (Å²) in [6.45, 7) is 21.9. The molecule has 2 aromatic carbocycles. The monoisotopic (exact) mass is 299 g/mol. The lowest BCUT2D eigenvalue weighted by Gasteiger charge is -2.09. The fourth-order valence-electron chi connectivity index (χ4n) is 3.54. The van der Waals surface area contributed by atoms with Gasteiger partial charge in [-0.25, -0.2) is 0 Å². The molecule has 0 atom stereocenters. The fourth-order valence-corrected chi connectivity index (χ4v) is 3.54. The van der Waals surface area contributed by atoms with Gasteiger partial charge in [-0.1, -0.05) is 12.1 Å². The second kappa shape index (κ2) is 4.44. The van der Waals surface area contributed by atoms with E-state index in [1.165, 1.54) is 27.9 Å². The lowest BCUT2D eigenvalue weighted by atomic mass is 9.98. The summed E-state index contributed by atoms with van der Waals surface area (Å²) in [5.41, 5.74) is 8.26. The largest absolute Gasteiger partial charge is 0.250 e. The number of benzene rings is 2. The molecule has 1 aromatic heterocycles. The van der Waals surface area contributed by atoms with E-state index in [4.69, 9.17) is 13.1 Å². The molecule has 23 heavy (non-hydrogen) atoms. The van der Waals surface area contributed by atoms with Crippen LogP contribution in [0.15, 0.2) is 24.4 Å². The zero-order valence-corrected chi connectivity index (χ0v) is 13.3. The molecule has 0 spiro atoms. The average molecular weight is 299 g/mol. The Kier molecular flexibility index (Phi) is 2.62. The van der Waals surface area contributed by atoms with Gasteiger partial charge in [0.2, 0.25) is 6.20 Å². The molecular weight excluding hydrogens is 284 g/mol. The predicted molar refractivity (Wildman–Crippen MR) is 89.3 cm³/mol. The summed E-state index contributed by atoms with van der Waals surface area (Å²) in [7, 11) is 0. The maximum absolute atomic E-state index is 7.33. The number of hydrogen-bond acceptors (Lipinski definition) is 0. The van der Waals surface area contributed by atoms with Crippen LogP contribution in [-0.4, -0.2) is 4.68 Å². The van der Waals surface area contributed by atoms with Gasteiger partial charge in [-0.15, -0.1) is 9.36 Å². The van der Waals surface area contributed by atoms with Gasteiger partial charge in [0, 0.05) is 0 Å². The summed E-state index contributed by atoms with van der Waals surface area (Å²) in [4.78, 5) is 7.01. The van der Waals surface area contributed by atoms with Gasteiger partial charge in [-0.3, -0.25) is 9.69 Å². The van der Waals surface area contributed by atoms with Crippen LogP contribution in [0.2, 0.25) is 0 Å². The molecule has 0 bridgehead atoms. The Labute approximate surface area is 134 Å². The summed E-state index contributed by atoms with van der Waals surface area (Å²) in [5, 5.41) is 1.01. The molecule has 110 valence electrons. The van der Waals surface area contributed by atoms with Crippen molar-refractivity contribution in [3.05, 3.63) is 69.5 Å². The number of nitrogens with zero attached hydrogens (tertiary/aromatic N) is 4. The first-order chi connectivity index (χ1) is 11.0. The van der Waals surface area contributed by atoms with Crippen molar-refractivity contribution in [3.8, 4) is 5.69 Å². The molecule has 0 aliphatic carbocycles. The number of hydrogen-bond donors (Lipinski definition) is 0. The first-order valence-corrected chi connectivity index (χ1v) is 7.49. The van der Waals surface area contributed by atoms with Crippen LogP contribution in [0, 0.1) is 33.9 Å². The summed E-state index contributed by atoms with van der Waals surface area (Å²) < 4.78 is 4.37. The Bertz CT molecular complexity index is 1090. The van der Waals surface area contributed by atoms with E-state index in [2.05, 4.69) is 52.1 Å². The van der Waals surface area contributed by atoms with Crippen molar-refractivity contribution in [1.29, 1.82) is 0 Å². The van der Waals surface area contributed by atoms with E-state index in [0.29, 0.717) is 11.4 Å². The number of fused-ring (bicyclic) bond motifs is 5. The molecule has 1 aliphatic rings. The highest BCUT2D eigenvalue weighted by Crippen LogP contribution is 2.37. The van der Waals surface area contributed by atoms with Crippen molar-refractivity contribution < 1.29 is 4.68 Å². The molecule has 2 heterocycles. The highest BCUT2D eigenvalue weighted by atomic mass is 15.4. The third kappa shape index (κ3) is 1.67. The molecule has 0 fully saturated rings. The number of aryl methyl sites for hydroxylation is 2. The Morgan fingerprint density at radius 1 is 1.00 bits per heavy atom. The quantitative estimate of drug-likeness (QED) is 0.340. The van der Waals surface area contributed by atoms with Crippen molar-refractivity contribution in [1.82, 2.24) is 4.68 Å². The Balaban J connectivity index is 2.13. The van der Waals surface area contributed by atoms with Crippen molar-refractivity contribution in [2.45, 2.75) is 27.3 Å². The molecule has 4 rings (SSSR count). The van der Waals surface area contributed by atoms with Gasteiger partial charge < -0.3 is 0 Å². The van der Waals surface area contributed by atoms with Crippen molar-refractivity contribution in [3.63, 3.8) is 0 Å². The van der Waals surface area contributed by atoms with Gasteiger partial charge in [0.25, 0.3) is 0 Å². The first-order valence-electron chi connectivity index (χ1n) is 7.49.